The molecule has 2 heterocycles. The van der Waals surface area contributed by atoms with Gasteiger partial charge in [-0.3, -0.25) is 0 Å². The molecule has 2 rings (SSSR count). The molecule has 5 heteroatoms. The van der Waals surface area contributed by atoms with Gasteiger partial charge in [-0.2, -0.15) is 0 Å². The van der Waals surface area contributed by atoms with Gasteiger partial charge in [-0.25, -0.2) is 9.97 Å². The molecular weight excluding hydrogens is 212 g/mol. The topological polar surface area (TPSA) is 55.0 Å². The van der Waals surface area contributed by atoms with Crippen LogP contribution in [0, 0.1) is 6.92 Å². The van der Waals surface area contributed by atoms with E-state index >= 15 is 0 Å². The number of rotatable bonds is 2. The van der Waals surface area contributed by atoms with E-state index < -0.39 is 0 Å². The summed E-state index contributed by atoms with van der Waals surface area (Å²) in [6.07, 6.45) is 2.49. The van der Waals surface area contributed by atoms with Crippen LogP contribution in [0.3, 0.4) is 0 Å². The van der Waals surface area contributed by atoms with Gasteiger partial charge in [0.1, 0.15) is 0 Å². The molecular formula is C10H17ClN4. The summed E-state index contributed by atoms with van der Waals surface area (Å²) in [7, 11) is 0. The average molecular weight is 229 g/mol. The van der Waals surface area contributed by atoms with Crippen molar-refractivity contribution in [2.75, 3.05) is 18.0 Å². The Morgan fingerprint density at radius 2 is 2.00 bits per heavy atom. The van der Waals surface area contributed by atoms with Crippen molar-refractivity contribution in [3.8, 4) is 0 Å². The minimum atomic E-state index is 0. The molecule has 0 radical (unpaired) electrons. The fourth-order valence-corrected chi connectivity index (χ4v) is 1.78. The highest BCUT2D eigenvalue weighted by molar-refractivity contribution is 5.85. The maximum atomic E-state index is 5.58. The van der Waals surface area contributed by atoms with Crippen molar-refractivity contribution in [3.05, 3.63) is 17.5 Å². The highest BCUT2D eigenvalue weighted by atomic mass is 35.5. The summed E-state index contributed by atoms with van der Waals surface area (Å²) in [5, 5.41) is 0. The molecule has 84 valence electrons. The molecule has 0 saturated carbocycles. The first kappa shape index (κ1) is 12.2. The van der Waals surface area contributed by atoms with Crippen molar-refractivity contribution < 1.29 is 0 Å². The molecule has 1 fully saturated rings. The van der Waals surface area contributed by atoms with Crippen LogP contribution >= 0.6 is 12.4 Å². The Morgan fingerprint density at radius 1 is 1.33 bits per heavy atom. The van der Waals surface area contributed by atoms with Gasteiger partial charge in [-0.05, 0) is 25.8 Å². The molecule has 1 aromatic heterocycles. The lowest BCUT2D eigenvalue weighted by Gasteiger charge is -2.15. The molecule has 0 spiro atoms. The van der Waals surface area contributed by atoms with Gasteiger partial charge in [0.2, 0.25) is 5.95 Å². The molecule has 0 bridgehead atoms. The second-order valence-electron chi connectivity index (χ2n) is 3.70. The van der Waals surface area contributed by atoms with Gasteiger partial charge in [-0.1, -0.05) is 0 Å². The van der Waals surface area contributed by atoms with Crippen molar-refractivity contribution in [2.45, 2.75) is 26.3 Å². The molecule has 1 saturated heterocycles. The van der Waals surface area contributed by atoms with E-state index in [1.165, 1.54) is 12.8 Å². The van der Waals surface area contributed by atoms with Crippen LogP contribution < -0.4 is 10.6 Å². The van der Waals surface area contributed by atoms with Gasteiger partial charge in [0, 0.05) is 25.3 Å². The number of anilines is 1. The Balaban J connectivity index is 0.00000112. The zero-order chi connectivity index (χ0) is 9.97. The van der Waals surface area contributed by atoms with Crippen LogP contribution in [0.15, 0.2) is 6.07 Å². The van der Waals surface area contributed by atoms with Gasteiger partial charge in [-0.15, -0.1) is 12.4 Å². The molecule has 0 aliphatic carbocycles. The van der Waals surface area contributed by atoms with E-state index in [-0.39, 0.29) is 12.4 Å². The minimum absolute atomic E-state index is 0. The van der Waals surface area contributed by atoms with Gasteiger partial charge >= 0.3 is 0 Å². The van der Waals surface area contributed by atoms with E-state index in [2.05, 4.69) is 14.9 Å². The Hall–Kier alpha value is -0.870. The number of nitrogens with two attached hydrogens (primary N) is 1. The molecule has 0 aromatic carbocycles. The monoisotopic (exact) mass is 228 g/mol. The van der Waals surface area contributed by atoms with Gasteiger partial charge in [0.15, 0.2) is 0 Å². The van der Waals surface area contributed by atoms with Crippen LogP contribution in [0.5, 0.6) is 0 Å². The normalized spacial score (nSPS) is 15.2. The highest BCUT2D eigenvalue weighted by Crippen LogP contribution is 2.16. The second-order valence-corrected chi connectivity index (χ2v) is 3.70. The summed E-state index contributed by atoms with van der Waals surface area (Å²) >= 11 is 0. The molecule has 4 nitrogen and oxygen atoms in total. The summed E-state index contributed by atoms with van der Waals surface area (Å²) in [6, 6.07) is 1.94. The predicted molar refractivity (Wildman–Crippen MR) is 63.4 cm³/mol. The molecule has 0 unspecified atom stereocenters. The Kier molecular flexibility index (Phi) is 4.29. The van der Waals surface area contributed by atoms with Crippen LogP contribution in [0.25, 0.3) is 0 Å². The third-order valence-corrected chi connectivity index (χ3v) is 2.49. The largest absolute Gasteiger partial charge is 0.341 e. The molecule has 1 aromatic rings. The van der Waals surface area contributed by atoms with E-state index in [1.54, 1.807) is 0 Å². The fourth-order valence-electron chi connectivity index (χ4n) is 1.78. The lowest BCUT2D eigenvalue weighted by molar-refractivity contribution is 0.857. The van der Waals surface area contributed by atoms with Crippen molar-refractivity contribution in [1.82, 2.24) is 9.97 Å². The summed E-state index contributed by atoms with van der Waals surface area (Å²) in [4.78, 5) is 11.1. The number of nitrogens with zero attached hydrogens (tertiary/aromatic N) is 3. The predicted octanol–water partition coefficient (Wildman–Crippen LogP) is 1.27. The Labute approximate surface area is 96.3 Å². The van der Waals surface area contributed by atoms with Crippen LogP contribution in [-0.2, 0) is 6.54 Å². The van der Waals surface area contributed by atoms with Crippen molar-refractivity contribution in [3.63, 3.8) is 0 Å². The zero-order valence-electron chi connectivity index (χ0n) is 8.94. The van der Waals surface area contributed by atoms with E-state index in [1.807, 2.05) is 13.0 Å². The number of aryl methyl sites for hydroxylation is 1. The molecule has 2 N–H and O–H groups in total. The molecule has 1 aliphatic rings. The quantitative estimate of drug-likeness (QED) is 0.828. The Bertz CT molecular complexity index is 323. The lowest BCUT2D eigenvalue weighted by atomic mass is 10.3. The van der Waals surface area contributed by atoms with Crippen LogP contribution in [0.4, 0.5) is 5.95 Å². The first-order valence-electron chi connectivity index (χ1n) is 5.09. The van der Waals surface area contributed by atoms with Crippen LogP contribution in [-0.4, -0.2) is 23.1 Å². The molecule has 15 heavy (non-hydrogen) atoms. The molecule has 0 atom stereocenters. The number of hydrogen-bond donors (Lipinski definition) is 1. The van der Waals surface area contributed by atoms with Crippen LogP contribution in [0.1, 0.15) is 24.2 Å². The second kappa shape index (κ2) is 5.28. The first-order chi connectivity index (χ1) is 6.79. The van der Waals surface area contributed by atoms with Crippen molar-refractivity contribution in [2.24, 2.45) is 5.73 Å². The first-order valence-corrected chi connectivity index (χ1v) is 5.09. The smallest absolute Gasteiger partial charge is 0.225 e. The van der Waals surface area contributed by atoms with Crippen molar-refractivity contribution in [1.29, 1.82) is 0 Å². The zero-order valence-corrected chi connectivity index (χ0v) is 9.76. The van der Waals surface area contributed by atoms with Crippen molar-refractivity contribution >= 4 is 18.4 Å². The fraction of sp³-hybridized carbons (Fsp3) is 0.600. The Morgan fingerprint density at radius 3 is 2.60 bits per heavy atom. The van der Waals surface area contributed by atoms with E-state index in [0.717, 1.165) is 30.4 Å². The number of aromatic nitrogens is 2. The minimum Gasteiger partial charge on any atom is -0.341 e. The van der Waals surface area contributed by atoms with E-state index in [0.29, 0.717) is 6.54 Å². The van der Waals surface area contributed by atoms with Gasteiger partial charge < -0.3 is 10.6 Å². The number of hydrogen-bond acceptors (Lipinski definition) is 4. The average Bonchev–Trinajstić information content (AvgIpc) is 2.69. The SMILES string of the molecule is Cc1cc(CN)nc(N2CCCC2)n1.Cl. The maximum absolute atomic E-state index is 5.58. The third-order valence-electron chi connectivity index (χ3n) is 2.49. The summed E-state index contributed by atoms with van der Waals surface area (Å²) < 4.78 is 0. The maximum Gasteiger partial charge on any atom is 0.225 e. The number of halogens is 1. The summed E-state index contributed by atoms with van der Waals surface area (Å²) in [6.45, 7) is 4.63. The molecule has 1 aliphatic heterocycles. The van der Waals surface area contributed by atoms with E-state index in [9.17, 15) is 0 Å². The third kappa shape index (κ3) is 2.79. The van der Waals surface area contributed by atoms with Crippen LogP contribution in [0.2, 0.25) is 0 Å². The molecule has 0 amide bonds. The van der Waals surface area contributed by atoms with Gasteiger partial charge in [0.25, 0.3) is 0 Å². The highest BCUT2D eigenvalue weighted by Gasteiger charge is 2.15. The lowest BCUT2D eigenvalue weighted by Crippen LogP contribution is -2.21. The standard InChI is InChI=1S/C10H16N4.ClH/c1-8-6-9(7-11)13-10(12-8)14-4-2-3-5-14;/h6H,2-5,7,11H2,1H3;1H. The van der Waals surface area contributed by atoms with E-state index in [4.69, 9.17) is 5.73 Å². The summed E-state index contributed by atoms with van der Waals surface area (Å²) in [5.41, 5.74) is 7.51. The summed E-state index contributed by atoms with van der Waals surface area (Å²) in [5.74, 6) is 0.850. The van der Waals surface area contributed by atoms with Gasteiger partial charge in [0.05, 0.1) is 5.69 Å².